The summed E-state index contributed by atoms with van der Waals surface area (Å²) in [5, 5.41) is 5.42. The zero-order valence-corrected chi connectivity index (χ0v) is 17.5. The highest BCUT2D eigenvalue weighted by Gasteiger charge is 2.18. The number of aromatic nitrogens is 1. The third-order valence-corrected chi connectivity index (χ3v) is 5.91. The van der Waals surface area contributed by atoms with Crippen molar-refractivity contribution in [3.8, 4) is 10.6 Å². The normalized spacial score (nSPS) is 13.6. The molecule has 8 heteroatoms. The number of primary amides is 1. The molecule has 3 aromatic rings. The predicted octanol–water partition coefficient (Wildman–Crippen LogP) is 4.30. The molecule has 0 saturated carbocycles. The average Bonchev–Trinajstić information content (AvgIpc) is 3.45. The molecule has 31 heavy (non-hydrogen) atoms. The summed E-state index contributed by atoms with van der Waals surface area (Å²) in [6.45, 7) is 1.80. The van der Waals surface area contributed by atoms with E-state index in [1.54, 1.807) is 30.3 Å². The van der Waals surface area contributed by atoms with E-state index in [1.807, 2.05) is 11.4 Å². The molecular formula is C23H21FN4O2S. The Morgan fingerprint density at radius 1 is 1.13 bits per heavy atom. The number of amides is 2. The molecule has 2 heterocycles. The lowest BCUT2D eigenvalue weighted by molar-refractivity contribution is -0.111. The van der Waals surface area contributed by atoms with Gasteiger partial charge in [0.2, 0.25) is 11.8 Å². The number of nitrogens with one attached hydrogen (secondary N) is 1. The van der Waals surface area contributed by atoms with Gasteiger partial charge in [0.1, 0.15) is 10.8 Å². The SMILES string of the molecule is NC(=O)c1ccc(N2CCCC2)c(NC(=O)/C=C/c2csc(-c3ccc(F)cc3)n2)c1. The summed E-state index contributed by atoms with van der Waals surface area (Å²) in [5.41, 5.74) is 8.61. The summed E-state index contributed by atoms with van der Waals surface area (Å²) in [4.78, 5) is 30.8. The number of hydrogen-bond acceptors (Lipinski definition) is 5. The molecule has 0 radical (unpaired) electrons. The van der Waals surface area contributed by atoms with Gasteiger partial charge in [-0.15, -0.1) is 11.3 Å². The number of halogens is 1. The molecular weight excluding hydrogens is 415 g/mol. The smallest absolute Gasteiger partial charge is 0.248 e. The molecule has 0 bridgehead atoms. The molecule has 3 N–H and O–H groups in total. The van der Waals surface area contributed by atoms with Crippen LogP contribution >= 0.6 is 11.3 Å². The van der Waals surface area contributed by atoms with E-state index >= 15 is 0 Å². The number of anilines is 2. The van der Waals surface area contributed by atoms with Crippen molar-refractivity contribution in [2.45, 2.75) is 12.8 Å². The Bertz CT molecular complexity index is 1130. The first-order chi connectivity index (χ1) is 15.0. The van der Waals surface area contributed by atoms with Crippen molar-refractivity contribution in [2.24, 2.45) is 5.73 Å². The molecule has 4 rings (SSSR count). The van der Waals surface area contributed by atoms with Crippen LogP contribution in [-0.4, -0.2) is 29.9 Å². The lowest BCUT2D eigenvalue weighted by Gasteiger charge is -2.21. The third kappa shape index (κ3) is 4.97. The van der Waals surface area contributed by atoms with E-state index in [1.165, 1.54) is 29.5 Å². The van der Waals surface area contributed by atoms with Crippen molar-refractivity contribution in [1.82, 2.24) is 4.98 Å². The first-order valence-electron chi connectivity index (χ1n) is 9.89. The third-order valence-electron chi connectivity index (χ3n) is 5.00. The highest BCUT2D eigenvalue weighted by Crippen LogP contribution is 2.30. The van der Waals surface area contributed by atoms with Crippen LogP contribution in [0.25, 0.3) is 16.6 Å². The number of carbonyl (C=O) groups is 2. The standard InChI is InChI=1S/C23H21FN4O2S/c24-17-6-3-15(4-7-17)23-26-18(14-31-23)8-10-21(29)27-19-13-16(22(25)30)5-9-20(19)28-11-1-2-12-28/h3-10,13-14H,1-2,11-12H2,(H2,25,30)(H,27,29)/b10-8+. The van der Waals surface area contributed by atoms with Crippen LogP contribution in [0.1, 0.15) is 28.9 Å². The van der Waals surface area contributed by atoms with E-state index in [-0.39, 0.29) is 11.7 Å². The zero-order valence-electron chi connectivity index (χ0n) is 16.7. The number of benzene rings is 2. The van der Waals surface area contributed by atoms with E-state index in [4.69, 9.17) is 5.73 Å². The van der Waals surface area contributed by atoms with Gasteiger partial charge in [0.25, 0.3) is 0 Å². The number of carbonyl (C=O) groups excluding carboxylic acids is 2. The molecule has 0 atom stereocenters. The first-order valence-corrected chi connectivity index (χ1v) is 10.8. The molecule has 2 amide bonds. The fourth-order valence-corrected chi connectivity index (χ4v) is 4.24. The Hall–Kier alpha value is -3.52. The Labute approximate surface area is 183 Å². The minimum atomic E-state index is -0.546. The van der Waals surface area contributed by atoms with Crippen LogP contribution in [0.15, 0.2) is 53.9 Å². The molecule has 1 fully saturated rings. The maximum absolute atomic E-state index is 13.1. The van der Waals surface area contributed by atoms with Crippen LogP contribution in [-0.2, 0) is 4.79 Å². The maximum Gasteiger partial charge on any atom is 0.248 e. The summed E-state index contributed by atoms with van der Waals surface area (Å²) in [6.07, 6.45) is 5.19. The fraction of sp³-hybridized carbons (Fsp3) is 0.174. The van der Waals surface area contributed by atoms with Gasteiger partial charge in [0, 0.05) is 35.7 Å². The largest absolute Gasteiger partial charge is 0.370 e. The number of thiazole rings is 1. The van der Waals surface area contributed by atoms with Crippen LogP contribution in [0, 0.1) is 5.82 Å². The molecule has 2 aromatic carbocycles. The first kappa shape index (κ1) is 20.7. The lowest BCUT2D eigenvalue weighted by atomic mass is 10.1. The van der Waals surface area contributed by atoms with E-state index in [9.17, 15) is 14.0 Å². The van der Waals surface area contributed by atoms with Crippen LogP contribution in [0.2, 0.25) is 0 Å². The van der Waals surface area contributed by atoms with Gasteiger partial charge in [-0.3, -0.25) is 9.59 Å². The van der Waals surface area contributed by atoms with Gasteiger partial charge >= 0.3 is 0 Å². The van der Waals surface area contributed by atoms with Crippen LogP contribution in [0.4, 0.5) is 15.8 Å². The highest BCUT2D eigenvalue weighted by molar-refractivity contribution is 7.13. The van der Waals surface area contributed by atoms with E-state index in [0.29, 0.717) is 16.9 Å². The van der Waals surface area contributed by atoms with Crippen molar-refractivity contribution in [3.63, 3.8) is 0 Å². The van der Waals surface area contributed by atoms with Gasteiger partial charge in [0.15, 0.2) is 0 Å². The fourth-order valence-electron chi connectivity index (χ4n) is 3.45. The van der Waals surface area contributed by atoms with Gasteiger partial charge in [-0.05, 0) is 61.4 Å². The predicted molar refractivity (Wildman–Crippen MR) is 122 cm³/mol. The summed E-state index contributed by atoms with van der Waals surface area (Å²) >= 11 is 1.41. The van der Waals surface area contributed by atoms with Crippen LogP contribution in [0.3, 0.4) is 0 Å². The summed E-state index contributed by atoms with van der Waals surface area (Å²) in [5.74, 6) is -1.18. The Kier molecular flexibility index (Phi) is 6.08. The van der Waals surface area contributed by atoms with Crippen LogP contribution in [0.5, 0.6) is 0 Å². The van der Waals surface area contributed by atoms with Crippen LogP contribution < -0.4 is 16.0 Å². The average molecular weight is 437 g/mol. The van der Waals surface area contributed by atoms with E-state index in [2.05, 4.69) is 15.2 Å². The highest BCUT2D eigenvalue weighted by atomic mass is 32.1. The van der Waals surface area contributed by atoms with Crippen molar-refractivity contribution in [3.05, 3.63) is 71.0 Å². The second-order valence-electron chi connectivity index (χ2n) is 7.20. The minimum Gasteiger partial charge on any atom is -0.370 e. The Morgan fingerprint density at radius 3 is 2.58 bits per heavy atom. The van der Waals surface area contributed by atoms with E-state index < -0.39 is 5.91 Å². The number of nitrogens with two attached hydrogens (primary N) is 1. The minimum absolute atomic E-state index is 0.300. The topological polar surface area (TPSA) is 88.3 Å². The second kappa shape index (κ2) is 9.09. The molecule has 0 unspecified atom stereocenters. The molecule has 0 aliphatic carbocycles. The maximum atomic E-state index is 13.1. The zero-order chi connectivity index (χ0) is 21.8. The summed E-state index contributed by atoms with van der Waals surface area (Å²) in [7, 11) is 0. The molecule has 0 spiro atoms. The Morgan fingerprint density at radius 2 is 1.87 bits per heavy atom. The summed E-state index contributed by atoms with van der Waals surface area (Å²) < 4.78 is 13.1. The molecule has 1 saturated heterocycles. The van der Waals surface area contributed by atoms with Gasteiger partial charge in [-0.2, -0.15) is 0 Å². The summed E-state index contributed by atoms with van der Waals surface area (Å²) in [6, 6.07) is 11.2. The second-order valence-corrected chi connectivity index (χ2v) is 8.06. The molecule has 158 valence electrons. The Balaban J connectivity index is 1.49. The van der Waals surface area contributed by atoms with Crippen molar-refractivity contribution in [2.75, 3.05) is 23.3 Å². The van der Waals surface area contributed by atoms with Gasteiger partial charge in [-0.1, -0.05) is 0 Å². The molecule has 1 aliphatic rings. The number of rotatable bonds is 6. The monoisotopic (exact) mass is 436 g/mol. The quantitative estimate of drug-likeness (QED) is 0.564. The van der Waals surface area contributed by atoms with Gasteiger partial charge in [0.05, 0.1) is 17.1 Å². The van der Waals surface area contributed by atoms with Gasteiger partial charge in [-0.25, -0.2) is 9.37 Å². The molecule has 6 nitrogen and oxygen atoms in total. The van der Waals surface area contributed by atoms with Crippen molar-refractivity contribution < 1.29 is 14.0 Å². The molecule has 1 aromatic heterocycles. The number of hydrogen-bond donors (Lipinski definition) is 2. The van der Waals surface area contributed by atoms with Crippen molar-refractivity contribution >= 4 is 40.6 Å². The van der Waals surface area contributed by atoms with E-state index in [0.717, 1.165) is 42.2 Å². The number of nitrogens with zero attached hydrogens (tertiary/aromatic N) is 2. The van der Waals surface area contributed by atoms with Gasteiger partial charge < -0.3 is 16.0 Å². The molecule has 1 aliphatic heterocycles. The van der Waals surface area contributed by atoms with Crippen molar-refractivity contribution in [1.29, 1.82) is 0 Å². The lowest BCUT2D eigenvalue weighted by Crippen LogP contribution is -2.21.